The van der Waals surface area contributed by atoms with E-state index in [0.717, 1.165) is 19.3 Å². The molecule has 94 valence electrons. The quantitative estimate of drug-likeness (QED) is 0.843. The first-order valence-corrected chi connectivity index (χ1v) is 6.02. The van der Waals surface area contributed by atoms with Gasteiger partial charge < -0.3 is 10.2 Å². The first-order valence-electron chi connectivity index (χ1n) is 6.02. The molecule has 0 aromatic heterocycles. The van der Waals surface area contributed by atoms with Crippen molar-refractivity contribution in [1.29, 1.82) is 0 Å². The number of hydrogen-bond acceptors (Lipinski definition) is 2. The van der Waals surface area contributed by atoms with Crippen LogP contribution in [0.25, 0.3) is 0 Å². The second-order valence-electron chi connectivity index (χ2n) is 4.47. The number of hydrogen-bond donors (Lipinski definition) is 2. The van der Waals surface area contributed by atoms with Crippen LogP contribution in [-0.2, 0) is 11.2 Å². The van der Waals surface area contributed by atoms with Gasteiger partial charge in [-0.15, -0.1) is 0 Å². The minimum Gasteiger partial charge on any atom is -0.481 e. The van der Waals surface area contributed by atoms with E-state index in [1.165, 1.54) is 5.56 Å². The Morgan fingerprint density at radius 3 is 2.29 bits per heavy atom. The second-order valence-corrected chi connectivity index (χ2v) is 4.47. The Morgan fingerprint density at radius 2 is 1.94 bits per heavy atom. The van der Waals surface area contributed by atoms with E-state index < -0.39 is 5.97 Å². The molecule has 2 N–H and O–H groups in total. The second kappa shape index (κ2) is 7.07. The summed E-state index contributed by atoms with van der Waals surface area (Å²) in [4.78, 5) is 9.97. The molecule has 1 aliphatic carbocycles. The molecule has 0 heterocycles. The Kier molecular flexibility index (Phi) is 5.70. The molecule has 1 saturated carbocycles. The lowest BCUT2D eigenvalue weighted by molar-refractivity contribution is -0.138. The zero-order valence-electron chi connectivity index (χ0n) is 10.2. The Balaban J connectivity index is 0.000000181. The summed E-state index contributed by atoms with van der Waals surface area (Å²) < 4.78 is 0. The third-order valence-electron chi connectivity index (χ3n) is 2.89. The van der Waals surface area contributed by atoms with E-state index in [9.17, 15) is 4.79 Å². The van der Waals surface area contributed by atoms with Gasteiger partial charge in [0.15, 0.2) is 0 Å². The first-order chi connectivity index (χ1) is 8.15. The monoisotopic (exact) mass is 236 g/mol. The number of rotatable bonds is 4. The molecule has 0 spiro atoms. The highest BCUT2D eigenvalue weighted by molar-refractivity contribution is 5.73. The Bertz CT molecular complexity index is 335. The summed E-state index contributed by atoms with van der Waals surface area (Å²) in [6.07, 6.45) is 2.73. The van der Waals surface area contributed by atoms with Gasteiger partial charge in [0.25, 0.3) is 0 Å². The highest BCUT2D eigenvalue weighted by atomic mass is 16.4. The van der Waals surface area contributed by atoms with E-state index in [0.29, 0.717) is 5.92 Å². The number of benzene rings is 1. The van der Waals surface area contributed by atoms with Crippen molar-refractivity contribution in [3.8, 4) is 0 Å². The number of aryl methyl sites for hydroxylation is 1. The molecular formula is C14H20O3. The molecule has 1 aliphatic rings. The summed E-state index contributed by atoms with van der Waals surface area (Å²) in [6, 6.07) is 10.2. The molecule has 1 aromatic carbocycles. The maximum Gasteiger partial charge on any atom is 0.306 e. The third kappa shape index (κ3) is 5.50. The maximum absolute atomic E-state index is 9.97. The van der Waals surface area contributed by atoms with Gasteiger partial charge in [-0.2, -0.15) is 0 Å². The Morgan fingerprint density at radius 1 is 1.35 bits per heavy atom. The summed E-state index contributed by atoms with van der Waals surface area (Å²) >= 11 is 0. The van der Waals surface area contributed by atoms with Crippen molar-refractivity contribution in [3.63, 3.8) is 0 Å². The molecule has 1 fully saturated rings. The molecule has 17 heavy (non-hydrogen) atoms. The zero-order chi connectivity index (χ0) is 12.7. The van der Waals surface area contributed by atoms with Crippen molar-refractivity contribution >= 4 is 5.97 Å². The van der Waals surface area contributed by atoms with Gasteiger partial charge in [0, 0.05) is 6.61 Å². The summed E-state index contributed by atoms with van der Waals surface area (Å²) in [5.41, 5.74) is 1.30. The van der Waals surface area contributed by atoms with Gasteiger partial charge >= 0.3 is 5.97 Å². The van der Waals surface area contributed by atoms with Gasteiger partial charge in [-0.3, -0.25) is 4.79 Å². The van der Waals surface area contributed by atoms with Gasteiger partial charge in [0.2, 0.25) is 0 Å². The standard InChI is InChI=1S/C9H12O.C5H8O2/c10-8-4-7-9-5-2-1-3-6-9;1-3-2-4(3)5(6)7/h1-3,5-6,10H,4,7-8H2;3-4H,2H2,1H3,(H,6,7)/t;3-,4-/m.1/s1. The number of aliphatic carboxylic acids is 1. The largest absolute Gasteiger partial charge is 0.481 e. The van der Waals surface area contributed by atoms with Crippen LogP contribution in [0, 0.1) is 11.8 Å². The van der Waals surface area contributed by atoms with Crippen LogP contribution in [0.4, 0.5) is 0 Å². The molecule has 0 bridgehead atoms. The molecule has 0 saturated heterocycles. The molecule has 3 nitrogen and oxygen atoms in total. The molecular weight excluding hydrogens is 216 g/mol. The summed E-state index contributed by atoms with van der Waals surface area (Å²) in [7, 11) is 0. The van der Waals surface area contributed by atoms with Gasteiger partial charge in [0.05, 0.1) is 5.92 Å². The maximum atomic E-state index is 9.97. The lowest BCUT2D eigenvalue weighted by atomic mass is 10.1. The summed E-state index contributed by atoms with van der Waals surface area (Å²) in [6.45, 7) is 2.24. The van der Waals surface area contributed by atoms with Crippen LogP contribution >= 0.6 is 0 Å². The van der Waals surface area contributed by atoms with Crippen LogP contribution < -0.4 is 0 Å². The van der Waals surface area contributed by atoms with Crippen molar-refractivity contribution in [3.05, 3.63) is 35.9 Å². The third-order valence-corrected chi connectivity index (χ3v) is 2.89. The normalized spacial score (nSPS) is 21.3. The average molecular weight is 236 g/mol. The van der Waals surface area contributed by atoms with E-state index >= 15 is 0 Å². The van der Waals surface area contributed by atoms with Crippen molar-refractivity contribution in [2.45, 2.75) is 26.2 Å². The first kappa shape index (κ1) is 13.7. The van der Waals surface area contributed by atoms with Crippen LogP contribution in [-0.4, -0.2) is 22.8 Å². The smallest absolute Gasteiger partial charge is 0.306 e. The van der Waals surface area contributed by atoms with Crippen LogP contribution in [0.5, 0.6) is 0 Å². The minimum atomic E-state index is -0.632. The molecule has 2 rings (SSSR count). The zero-order valence-corrected chi connectivity index (χ0v) is 10.2. The summed E-state index contributed by atoms with van der Waals surface area (Å²) in [5.74, 6) is -0.204. The molecule has 0 amide bonds. The summed E-state index contributed by atoms with van der Waals surface area (Å²) in [5, 5.41) is 16.8. The van der Waals surface area contributed by atoms with Gasteiger partial charge in [-0.25, -0.2) is 0 Å². The Labute approximate surface area is 102 Å². The molecule has 0 radical (unpaired) electrons. The fraction of sp³-hybridized carbons (Fsp3) is 0.500. The van der Waals surface area contributed by atoms with E-state index in [1.54, 1.807) is 0 Å². The van der Waals surface area contributed by atoms with Crippen LogP contribution in [0.2, 0.25) is 0 Å². The molecule has 2 atom stereocenters. The van der Waals surface area contributed by atoms with E-state index in [2.05, 4.69) is 12.1 Å². The minimum absolute atomic E-state index is 0.0139. The molecule has 3 heteroatoms. The lowest BCUT2D eigenvalue weighted by Crippen LogP contribution is -1.97. The number of carboxylic acids is 1. The van der Waals surface area contributed by atoms with Crippen molar-refractivity contribution in [1.82, 2.24) is 0 Å². The van der Waals surface area contributed by atoms with Crippen LogP contribution in [0.3, 0.4) is 0 Å². The highest BCUT2D eigenvalue weighted by Crippen LogP contribution is 2.37. The van der Waals surface area contributed by atoms with Gasteiger partial charge in [0.1, 0.15) is 0 Å². The van der Waals surface area contributed by atoms with Crippen molar-refractivity contribution in [2.75, 3.05) is 6.61 Å². The van der Waals surface area contributed by atoms with E-state index in [1.807, 2.05) is 25.1 Å². The number of aliphatic hydroxyl groups excluding tert-OH is 1. The predicted molar refractivity (Wildman–Crippen MR) is 66.8 cm³/mol. The topological polar surface area (TPSA) is 57.5 Å². The number of aliphatic hydroxyl groups is 1. The van der Waals surface area contributed by atoms with E-state index in [-0.39, 0.29) is 12.5 Å². The van der Waals surface area contributed by atoms with Crippen LogP contribution in [0.15, 0.2) is 30.3 Å². The number of carboxylic acid groups (broad SMARTS) is 1. The average Bonchev–Trinajstić information content (AvgIpc) is 3.06. The highest BCUT2D eigenvalue weighted by Gasteiger charge is 2.38. The van der Waals surface area contributed by atoms with Crippen molar-refractivity contribution in [2.24, 2.45) is 11.8 Å². The lowest BCUT2D eigenvalue weighted by Gasteiger charge is -1.96. The fourth-order valence-electron chi connectivity index (χ4n) is 1.59. The fourth-order valence-corrected chi connectivity index (χ4v) is 1.59. The predicted octanol–water partition coefficient (Wildman–Crippen LogP) is 2.34. The van der Waals surface area contributed by atoms with Gasteiger partial charge in [-0.05, 0) is 30.7 Å². The Hall–Kier alpha value is -1.35. The number of carbonyl (C=O) groups is 1. The van der Waals surface area contributed by atoms with Crippen LogP contribution in [0.1, 0.15) is 25.3 Å². The molecule has 0 unspecified atom stereocenters. The van der Waals surface area contributed by atoms with E-state index in [4.69, 9.17) is 10.2 Å². The van der Waals surface area contributed by atoms with Gasteiger partial charge in [-0.1, -0.05) is 37.3 Å². The SMILES string of the molecule is C[C@@H]1C[C@H]1C(=O)O.OCCCc1ccccc1. The molecule has 0 aliphatic heterocycles. The van der Waals surface area contributed by atoms with Crippen molar-refractivity contribution < 1.29 is 15.0 Å². The molecule has 1 aromatic rings.